The van der Waals surface area contributed by atoms with E-state index in [4.69, 9.17) is 5.11 Å². The van der Waals surface area contributed by atoms with Crippen molar-refractivity contribution in [1.82, 2.24) is 15.0 Å². The average Bonchev–Trinajstić information content (AvgIpc) is 2.78. The third kappa shape index (κ3) is 2.59. The van der Waals surface area contributed by atoms with Crippen LogP contribution in [0.4, 0.5) is 10.1 Å². The second-order valence-electron chi connectivity index (χ2n) is 3.80. The van der Waals surface area contributed by atoms with Gasteiger partial charge in [0.15, 0.2) is 5.03 Å². The van der Waals surface area contributed by atoms with Gasteiger partial charge in [-0.3, -0.25) is 4.72 Å². The summed E-state index contributed by atoms with van der Waals surface area (Å²) in [7, 11) is -2.70. The van der Waals surface area contributed by atoms with Crippen LogP contribution in [0.2, 0.25) is 0 Å². The molecule has 8 nitrogen and oxygen atoms in total. The molecule has 1 heterocycles. The summed E-state index contributed by atoms with van der Waals surface area (Å²) < 4.78 is 40.2. The van der Waals surface area contributed by atoms with E-state index in [1.165, 1.54) is 7.05 Å². The molecule has 2 N–H and O–H groups in total. The van der Waals surface area contributed by atoms with Crippen LogP contribution in [0.15, 0.2) is 29.4 Å². The van der Waals surface area contributed by atoms with Gasteiger partial charge in [-0.15, -0.1) is 5.10 Å². The predicted molar refractivity (Wildman–Crippen MR) is 65.2 cm³/mol. The fraction of sp³-hybridized carbons (Fsp3) is 0.100. The third-order valence-electron chi connectivity index (χ3n) is 2.40. The first-order valence-electron chi connectivity index (χ1n) is 5.21. The number of sulfonamides is 1. The zero-order valence-electron chi connectivity index (χ0n) is 10.1. The Morgan fingerprint density at radius 1 is 1.45 bits per heavy atom. The van der Waals surface area contributed by atoms with E-state index < -0.39 is 27.4 Å². The fourth-order valence-electron chi connectivity index (χ4n) is 1.50. The summed E-state index contributed by atoms with van der Waals surface area (Å²) in [6, 6.07) is 2.70. The monoisotopic (exact) mass is 300 g/mol. The number of nitrogens with one attached hydrogen (secondary N) is 1. The van der Waals surface area contributed by atoms with Gasteiger partial charge in [-0.2, -0.15) is 8.42 Å². The molecule has 0 atom stereocenters. The van der Waals surface area contributed by atoms with Crippen molar-refractivity contribution >= 4 is 21.7 Å². The number of aromatic carboxylic acids is 1. The second kappa shape index (κ2) is 4.89. The van der Waals surface area contributed by atoms with E-state index in [-0.39, 0.29) is 10.7 Å². The van der Waals surface area contributed by atoms with Crippen molar-refractivity contribution in [3.63, 3.8) is 0 Å². The van der Waals surface area contributed by atoms with Crippen molar-refractivity contribution in [2.24, 2.45) is 7.05 Å². The number of benzene rings is 1. The molecule has 0 saturated carbocycles. The van der Waals surface area contributed by atoms with E-state index >= 15 is 0 Å². The van der Waals surface area contributed by atoms with Crippen LogP contribution in [-0.2, 0) is 17.1 Å². The van der Waals surface area contributed by atoms with Gasteiger partial charge in [-0.25, -0.2) is 13.9 Å². The molecule has 0 fully saturated rings. The summed E-state index contributed by atoms with van der Waals surface area (Å²) in [6.07, 6.45) is 1.01. The number of hydrogen-bond donors (Lipinski definition) is 2. The van der Waals surface area contributed by atoms with Gasteiger partial charge in [0.1, 0.15) is 5.82 Å². The lowest BCUT2D eigenvalue weighted by atomic mass is 10.2. The molecule has 0 aliphatic carbocycles. The van der Waals surface area contributed by atoms with Crippen molar-refractivity contribution in [3.8, 4) is 0 Å². The molecule has 0 aliphatic rings. The predicted octanol–water partition coefficient (Wildman–Crippen LogP) is 0.453. The number of carboxylic acid groups (broad SMARTS) is 1. The molecule has 0 spiro atoms. The average molecular weight is 300 g/mol. The van der Waals surface area contributed by atoms with Gasteiger partial charge in [0.25, 0.3) is 10.0 Å². The molecule has 2 aromatic rings. The highest BCUT2D eigenvalue weighted by Crippen LogP contribution is 2.20. The zero-order chi connectivity index (χ0) is 14.9. The molecule has 0 amide bonds. The number of nitrogens with zero attached hydrogens (tertiary/aromatic N) is 3. The third-order valence-corrected chi connectivity index (χ3v) is 3.81. The summed E-state index contributed by atoms with van der Waals surface area (Å²) in [5, 5.41) is 15.6. The molecule has 0 bridgehead atoms. The molecule has 106 valence electrons. The quantitative estimate of drug-likeness (QED) is 0.847. The van der Waals surface area contributed by atoms with Gasteiger partial charge < -0.3 is 5.11 Å². The van der Waals surface area contributed by atoms with Crippen LogP contribution in [0, 0.1) is 5.82 Å². The maximum atomic E-state index is 13.0. The number of aryl methyl sites for hydroxylation is 1. The van der Waals surface area contributed by atoms with Gasteiger partial charge in [-0.05, 0) is 18.2 Å². The Labute approximate surface area is 112 Å². The molecule has 1 aromatic heterocycles. The molecule has 0 saturated heterocycles. The fourth-order valence-corrected chi connectivity index (χ4v) is 2.65. The number of anilines is 1. The van der Waals surface area contributed by atoms with Crippen molar-refractivity contribution in [2.75, 3.05) is 4.72 Å². The largest absolute Gasteiger partial charge is 0.478 e. The Morgan fingerprint density at radius 3 is 2.70 bits per heavy atom. The van der Waals surface area contributed by atoms with Gasteiger partial charge in [0, 0.05) is 7.05 Å². The number of hydrogen-bond acceptors (Lipinski definition) is 5. The normalized spacial score (nSPS) is 11.3. The molecule has 2 rings (SSSR count). The first-order chi connectivity index (χ1) is 9.31. The first-order valence-corrected chi connectivity index (χ1v) is 6.70. The van der Waals surface area contributed by atoms with E-state index in [9.17, 15) is 17.6 Å². The Balaban J connectivity index is 2.45. The lowest BCUT2D eigenvalue weighted by Crippen LogP contribution is -2.18. The summed E-state index contributed by atoms with van der Waals surface area (Å²) in [4.78, 5) is 11.0. The van der Waals surface area contributed by atoms with Crippen LogP contribution in [0.1, 0.15) is 10.4 Å². The van der Waals surface area contributed by atoms with Crippen molar-refractivity contribution in [1.29, 1.82) is 0 Å². The Morgan fingerprint density at radius 2 is 2.15 bits per heavy atom. The maximum absolute atomic E-state index is 13.0. The topological polar surface area (TPSA) is 114 Å². The summed E-state index contributed by atoms with van der Waals surface area (Å²) in [5.41, 5.74) is -0.746. The minimum Gasteiger partial charge on any atom is -0.478 e. The highest BCUT2D eigenvalue weighted by molar-refractivity contribution is 7.92. The molecular formula is C10H9FN4O4S. The smallest absolute Gasteiger partial charge is 0.337 e. The molecule has 0 aliphatic heterocycles. The lowest BCUT2D eigenvalue weighted by molar-refractivity contribution is 0.0697. The Bertz CT molecular complexity index is 771. The SMILES string of the molecule is Cn1nncc1S(=O)(=O)Nc1ccc(F)cc1C(=O)O. The minimum absolute atomic E-state index is 0.250. The number of carboxylic acids is 1. The van der Waals surface area contributed by atoms with Crippen LogP contribution >= 0.6 is 0 Å². The molecule has 10 heteroatoms. The molecule has 1 aromatic carbocycles. The highest BCUT2D eigenvalue weighted by atomic mass is 32.2. The van der Waals surface area contributed by atoms with E-state index in [1.54, 1.807) is 0 Å². The minimum atomic E-state index is -4.07. The van der Waals surface area contributed by atoms with Crippen LogP contribution in [0.5, 0.6) is 0 Å². The lowest BCUT2D eigenvalue weighted by Gasteiger charge is -2.10. The number of aromatic nitrogens is 3. The van der Waals surface area contributed by atoms with Gasteiger partial charge in [-0.1, -0.05) is 5.21 Å². The summed E-state index contributed by atoms with van der Waals surface area (Å²) in [5.74, 6) is -2.24. The highest BCUT2D eigenvalue weighted by Gasteiger charge is 2.22. The molecule has 20 heavy (non-hydrogen) atoms. The molecule has 0 unspecified atom stereocenters. The van der Waals surface area contributed by atoms with Crippen molar-refractivity contribution < 1.29 is 22.7 Å². The molecular weight excluding hydrogens is 291 g/mol. The summed E-state index contributed by atoms with van der Waals surface area (Å²) >= 11 is 0. The first kappa shape index (κ1) is 13.9. The Hall–Kier alpha value is -2.49. The van der Waals surface area contributed by atoms with E-state index in [0.717, 1.165) is 29.1 Å². The second-order valence-corrected chi connectivity index (χ2v) is 5.43. The number of carbonyl (C=O) groups is 1. The van der Waals surface area contributed by atoms with Crippen molar-refractivity contribution in [3.05, 3.63) is 35.8 Å². The van der Waals surface area contributed by atoms with Crippen molar-refractivity contribution in [2.45, 2.75) is 5.03 Å². The van der Waals surface area contributed by atoms with E-state index in [0.29, 0.717) is 0 Å². The van der Waals surface area contributed by atoms with Gasteiger partial charge in [0.05, 0.1) is 17.4 Å². The van der Waals surface area contributed by atoms with E-state index in [1.807, 2.05) is 0 Å². The Kier molecular flexibility index (Phi) is 3.40. The van der Waals surface area contributed by atoms with Crippen LogP contribution in [0.25, 0.3) is 0 Å². The standard InChI is InChI=1S/C10H9FN4O4S/c1-15-9(5-12-14-15)20(18,19)13-8-3-2-6(11)4-7(8)10(16)17/h2-5,13H,1H3,(H,16,17). The summed E-state index contributed by atoms with van der Waals surface area (Å²) in [6.45, 7) is 0. The van der Waals surface area contributed by atoms with E-state index in [2.05, 4.69) is 15.0 Å². The van der Waals surface area contributed by atoms with Gasteiger partial charge in [0.2, 0.25) is 0 Å². The van der Waals surface area contributed by atoms with Crippen LogP contribution < -0.4 is 4.72 Å². The maximum Gasteiger partial charge on any atom is 0.337 e. The van der Waals surface area contributed by atoms with Gasteiger partial charge >= 0.3 is 5.97 Å². The molecule has 0 radical (unpaired) electrons. The van der Waals surface area contributed by atoms with Crippen LogP contribution in [-0.4, -0.2) is 34.5 Å². The van der Waals surface area contributed by atoms with Crippen LogP contribution in [0.3, 0.4) is 0 Å². The zero-order valence-corrected chi connectivity index (χ0v) is 10.9. The number of halogens is 1. The number of rotatable bonds is 4.